The smallest absolute Gasteiger partial charge is 0.313 e. The highest BCUT2D eigenvalue weighted by Crippen LogP contribution is 2.52. The first-order chi connectivity index (χ1) is 9.98. The highest BCUT2D eigenvalue weighted by molar-refractivity contribution is 5.91. The molecular formula is C16H23NO4. The van der Waals surface area contributed by atoms with E-state index in [9.17, 15) is 9.59 Å². The lowest BCUT2D eigenvalue weighted by molar-refractivity contribution is -0.157. The van der Waals surface area contributed by atoms with Crippen LogP contribution < -0.4 is 0 Å². The number of unbranched alkanes of at least 4 members (excludes halogenated alkanes) is 1. The van der Waals surface area contributed by atoms with Crippen molar-refractivity contribution in [1.29, 1.82) is 0 Å². The summed E-state index contributed by atoms with van der Waals surface area (Å²) in [4.78, 5) is 26.9. The Labute approximate surface area is 125 Å². The standard InChI is InChI=1S/C16H23NO4/c1-4-5-8-17-9-16-7-6-11(21-16)12(13(16)14(17)18)15(19)20-10(2)3/h6-7,10-13H,4-5,8-9H2,1-3H3/t11-,12+,13+,16-/m0/s1. The number of amides is 1. The van der Waals surface area contributed by atoms with Crippen molar-refractivity contribution >= 4 is 11.9 Å². The van der Waals surface area contributed by atoms with E-state index in [1.165, 1.54) is 0 Å². The van der Waals surface area contributed by atoms with E-state index < -0.39 is 17.4 Å². The zero-order valence-electron chi connectivity index (χ0n) is 12.9. The summed E-state index contributed by atoms with van der Waals surface area (Å²) in [7, 11) is 0. The monoisotopic (exact) mass is 293 g/mol. The number of fused-ring (bicyclic) bond motifs is 1. The molecule has 5 nitrogen and oxygen atoms in total. The van der Waals surface area contributed by atoms with Gasteiger partial charge < -0.3 is 14.4 Å². The minimum Gasteiger partial charge on any atom is -0.463 e. The minimum atomic E-state index is -0.601. The van der Waals surface area contributed by atoms with Crippen LogP contribution in [-0.4, -0.2) is 47.7 Å². The van der Waals surface area contributed by atoms with E-state index in [0.717, 1.165) is 19.4 Å². The normalized spacial score (nSPS) is 36.7. The molecule has 0 N–H and O–H groups in total. The third-order valence-electron chi connectivity index (χ3n) is 4.58. The molecule has 0 aromatic rings. The van der Waals surface area contributed by atoms with Crippen molar-refractivity contribution in [2.75, 3.05) is 13.1 Å². The molecule has 0 aromatic carbocycles. The second-order valence-corrected chi connectivity index (χ2v) is 6.50. The predicted molar refractivity (Wildman–Crippen MR) is 76.4 cm³/mol. The molecule has 0 saturated carbocycles. The van der Waals surface area contributed by atoms with E-state index in [0.29, 0.717) is 6.54 Å². The molecule has 21 heavy (non-hydrogen) atoms. The Balaban J connectivity index is 1.82. The van der Waals surface area contributed by atoms with Crippen LogP contribution in [0, 0.1) is 11.8 Å². The number of carbonyl (C=O) groups is 2. The number of esters is 1. The lowest BCUT2D eigenvalue weighted by atomic mass is 9.77. The third-order valence-corrected chi connectivity index (χ3v) is 4.58. The molecule has 2 fully saturated rings. The molecule has 116 valence electrons. The largest absolute Gasteiger partial charge is 0.463 e. The van der Waals surface area contributed by atoms with Gasteiger partial charge >= 0.3 is 5.97 Å². The predicted octanol–water partition coefficient (Wildman–Crippen LogP) is 1.52. The third kappa shape index (κ3) is 2.18. The van der Waals surface area contributed by atoms with E-state index in [2.05, 4.69) is 6.92 Å². The molecule has 1 amide bonds. The van der Waals surface area contributed by atoms with Crippen molar-refractivity contribution in [2.45, 2.75) is 51.4 Å². The quantitative estimate of drug-likeness (QED) is 0.569. The first-order valence-electron chi connectivity index (χ1n) is 7.85. The molecule has 0 aliphatic carbocycles. The molecule has 2 bridgehead atoms. The van der Waals surface area contributed by atoms with Crippen molar-refractivity contribution in [3.05, 3.63) is 12.2 Å². The van der Waals surface area contributed by atoms with Gasteiger partial charge in [-0.25, -0.2) is 0 Å². The molecule has 0 unspecified atom stereocenters. The van der Waals surface area contributed by atoms with E-state index in [4.69, 9.17) is 9.47 Å². The van der Waals surface area contributed by atoms with Gasteiger partial charge in [-0.15, -0.1) is 0 Å². The molecule has 2 saturated heterocycles. The van der Waals surface area contributed by atoms with Gasteiger partial charge in [-0.1, -0.05) is 25.5 Å². The Morgan fingerprint density at radius 1 is 1.57 bits per heavy atom. The summed E-state index contributed by atoms with van der Waals surface area (Å²) < 4.78 is 11.3. The molecule has 1 spiro atoms. The Hall–Kier alpha value is -1.36. The Morgan fingerprint density at radius 2 is 2.33 bits per heavy atom. The molecule has 0 aromatic heterocycles. The average molecular weight is 293 g/mol. The number of likely N-dealkylation sites (tertiary alicyclic amines) is 1. The molecule has 3 aliphatic heterocycles. The van der Waals surface area contributed by atoms with Crippen molar-refractivity contribution in [1.82, 2.24) is 4.90 Å². The van der Waals surface area contributed by atoms with Crippen LogP contribution in [0.15, 0.2) is 12.2 Å². The van der Waals surface area contributed by atoms with E-state index in [1.807, 2.05) is 30.9 Å². The van der Waals surface area contributed by atoms with Gasteiger partial charge in [-0.2, -0.15) is 0 Å². The lowest BCUT2D eigenvalue weighted by Crippen LogP contribution is -2.40. The van der Waals surface area contributed by atoms with Crippen molar-refractivity contribution in [3.8, 4) is 0 Å². The molecule has 0 radical (unpaired) electrons. The molecular weight excluding hydrogens is 270 g/mol. The number of rotatable bonds is 5. The number of ether oxygens (including phenoxy) is 2. The van der Waals surface area contributed by atoms with Crippen LogP contribution in [0.4, 0.5) is 0 Å². The summed E-state index contributed by atoms with van der Waals surface area (Å²) in [6.45, 7) is 7.05. The summed E-state index contributed by atoms with van der Waals surface area (Å²) in [5.74, 6) is -1.16. The summed E-state index contributed by atoms with van der Waals surface area (Å²) in [5.41, 5.74) is -0.601. The van der Waals surface area contributed by atoms with Crippen molar-refractivity contribution in [3.63, 3.8) is 0 Å². The summed E-state index contributed by atoms with van der Waals surface area (Å²) in [5, 5.41) is 0. The zero-order valence-corrected chi connectivity index (χ0v) is 12.9. The molecule has 3 rings (SSSR count). The second-order valence-electron chi connectivity index (χ2n) is 6.50. The first kappa shape index (κ1) is 14.6. The van der Waals surface area contributed by atoms with Gasteiger partial charge in [-0.3, -0.25) is 9.59 Å². The maximum absolute atomic E-state index is 12.7. The molecule has 3 heterocycles. The maximum Gasteiger partial charge on any atom is 0.313 e. The number of hydrogen-bond donors (Lipinski definition) is 0. The van der Waals surface area contributed by atoms with Crippen LogP contribution in [0.3, 0.4) is 0 Å². The highest BCUT2D eigenvalue weighted by atomic mass is 16.6. The van der Waals surface area contributed by atoms with Gasteiger partial charge in [0.1, 0.15) is 11.5 Å². The molecule has 4 atom stereocenters. The average Bonchev–Trinajstić information content (AvgIpc) is 3.04. The van der Waals surface area contributed by atoms with E-state index in [-0.39, 0.29) is 24.1 Å². The first-order valence-corrected chi connectivity index (χ1v) is 7.85. The van der Waals surface area contributed by atoms with Gasteiger partial charge in [0, 0.05) is 6.54 Å². The van der Waals surface area contributed by atoms with Crippen LogP contribution in [-0.2, 0) is 19.1 Å². The number of nitrogens with zero attached hydrogens (tertiary/aromatic N) is 1. The topological polar surface area (TPSA) is 55.8 Å². The minimum absolute atomic E-state index is 0.0426. The van der Waals surface area contributed by atoms with Gasteiger partial charge in [-0.05, 0) is 20.3 Å². The Bertz CT molecular complexity index is 487. The van der Waals surface area contributed by atoms with Crippen molar-refractivity contribution < 1.29 is 19.1 Å². The Kier molecular flexibility index (Phi) is 3.56. The van der Waals surface area contributed by atoms with Crippen LogP contribution in [0.2, 0.25) is 0 Å². The van der Waals surface area contributed by atoms with Crippen LogP contribution >= 0.6 is 0 Å². The fraction of sp³-hybridized carbons (Fsp3) is 0.750. The Morgan fingerprint density at radius 3 is 3.00 bits per heavy atom. The van der Waals surface area contributed by atoms with Crippen LogP contribution in [0.1, 0.15) is 33.6 Å². The van der Waals surface area contributed by atoms with Crippen LogP contribution in [0.25, 0.3) is 0 Å². The van der Waals surface area contributed by atoms with Crippen LogP contribution in [0.5, 0.6) is 0 Å². The summed E-state index contributed by atoms with van der Waals surface area (Å²) >= 11 is 0. The number of hydrogen-bond acceptors (Lipinski definition) is 4. The molecule has 3 aliphatic rings. The highest BCUT2D eigenvalue weighted by Gasteiger charge is 2.67. The fourth-order valence-corrected chi connectivity index (χ4v) is 3.70. The summed E-state index contributed by atoms with van der Waals surface area (Å²) in [6.07, 6.45) is 5.43. The second kappa shape index (κ2) is 5.13. The molecule has 5 heteroatoms. The van der Waals surface area contributed by atoms with E-state index >= 15 is 0 Å². The zero-order chi connectivity index (χ0) is 15.2. The fourth-order valence-electron chi connectivity index (χ4n) is 3.70. The van der Waals surface area contributed by atoms with Gasteiger partial charge in [0.05, 0.1) is 24.7 Å². The summed E-state index contributed by atoms with van der Waals surface area (Å²) in [6, 6.07) is 0. The maximum atomic E-state index is 12.7. The van der Waals surface area contributed by atoms with Crippen molar-refractivity contribution in [2.24, 2.45) is 11.8 Å². The van der Waals surface area contributed by atoms with Gasteiger partial charge in [0.2, 0.25) is 5.91 Å². The van der Waals surface area contributed by atoms with Gasteiger partial charge in [0.25, 0.3) is 0 Å². The lowest BCUT2D eigenvalue weighted by Gasteiger charge is -2.23. The van der Waals surface area contributed by atoms with E-state index in [1.54, 1.807) is 0 Å². The van der Waals surface area contributed by atoms with Gasteiger partial charge in [0.15, 0.2) is 0 Å². The SMILES string of the molecule is CCCCN1C[C@]23C=C[C@H](O2)[C@@H](C(=O)OC(C)C)[C@@H]3C1=O. The number of carbonyl (C=O) groups excluding carboxylic acids is 2.